The van der Waals surface area contributed by atoms with Crippen molar-refractivity contribution in [3.05, 3.63) is 127 Å². The summed E-state index contributed by atoms with van der Waals surface area (Å²) in [6, 6.07) is 44.9. The lowest BCUT2D eigenvalue weighted by Crippen LogP contribution is -1.92. The van der Waals surface area contributed by atoms with E-state index in [4.69, 9.17) is 4.98 Å². The van der Waals surface area contributed by atoms with Crippen LogP contribution in [0.5, 0.6) is 0 Å². The van der Waals surface area contributed by atoms with Crippen LogP contribution in [-0.2, 0) is 0 Å². The Hall–Kier alpha value is -4.23. The second-order valence-corrected chi connectivity index (χ2v) is 8.05. The van der Waals surface area contributed by atoms with E-state index in [-0.39, 0.29) is 0 Å². The van der Waals surface area contributed by atoms with Gasteiger partial charge in [-0.2, -0.15) is 0 Å². The predicted octanol–water partition coefficient (Wildman–Crippen LogP) is 8.39. The molecule has 0 aliphatic heterocycles. The zero-order valence-electron chi connectivity index (χ0n) is 17.6. The van der Waals surface area contributed by atoms with E-state index in [1.54, 1.807) is 0 Å². The molecule has 6 rings (SSSR count). The highest BCUT2D eigenvalue weighted by Crippen LogP contribution is 2.37. The molecular weight excluding hydrogens is 386 g/mol. The molecule has 32 heavy (non-hydrogen) atoms. The summed E-state index contributed by atoms with van der Waals surface area (Å²) in [5.41, 5.74) is 6.63. The second kappa shape index (κ2) is 7.79. The molecule has 1 heterocycles. The molecule has 0 unspecified atom stereocenters. The normalized spacial score (nSPS) is 11.1. The standard InChI is InChI=1S/C31H21N/c1-3-11-22(12-4-1)25-20-30(23-13-5-2-6-14-23)32-31(21-25)29-19-24-15-7-8-16-26(24)27-17-9-10-18-28(27)29/h1-21H. The summed E-state index contributed by atoms with van der Waals surface area (Å²) in [6.07, 6.45) is 0. The van der Waals surface area contributed by atoms with Gasteiger partial charge in [-0.1, -0.05) is 109 Å². The molecular formula is C31H21N. The quantitative estimate of drug-likeness (QED) is 0.268. The number of fused-ring (bicyclic) bond motifs is 3. The van der Waals surface area contributed by atoms with Gasteiger partial charge in [0, 0.05) is 11.1 Å². The summed E-state index contributed by atoms with van der Waals surface area (Å²) in [5.74, 6) is 0. The molecule has 0 amide bonds. The average Bonchev–Trinajstić information content (AvgIpc) is 2.89. The smallest absolute Gasteiger partial charge is 0.0722 e. The molecule has 0 bridgehead atoms. The van der Waals surface area contributed by atoms with Crippen molar-refractivity contribution in [3.63, 3.8) is 0 Å². The molecule has 0 saturated carbocycles. The molecule has 0 aliphatic rings. The Morgan fingerprint density at radius 2 is 0.938 bits per heavy atom. The van der Waals surface area contributed by atoms with Gasteiger partial charge < -0.3 is 0 Å². The van der Waals surface area contributed by atoms with Gasteiger partial charge in [-0.25, -0.2) is 4.98 Å². The van der Waals surface area contributed by atoms with Gasteiger partial charge in [-0.15, -0.1) is 0 Å². The Labute approximate surface area is 187 Å². The number of nitrogens with zero attached hydrogens (tertiary/aromatic N) is 1. The minimum absolute atomic E-state index is 0.985. The lowest BCUT2D eigenvalue weighted by atomic mass is 9.93. The highest BCUT2D eigenvalue weighted by molar-refractivity contribution is 6.13. The first-order valence-electron chi connectivity index (χ1n) is 10.9. The van der Waals surface area contributed by atoms with Crippen molar-refractivity contribution >= 4 is 21.5 Å². The van der Waals surface area contributed by atoms with Crippen molar-refractivity contribution in [1.82, 2.24) is 4.98 Å². The molecule has 6 aromatic rings. The first-order valence-corrected chi connectivity index (χ1v) is 10.9. The van der Waals surface area contributed by atoms with Crippen LogP contribution in [0.15, 0.2) is 127 Å². The van der Waals surface area contributed by atoms with E-state index in [1.807, 2.05) is 6.07 Å². The van der Waals surface area contributed by atoms with Crippen molar-refractivity contribution in [1.29, 1.82) is 0 Å². The Morgan fingerprint density at radius 1 is 0.375 bits per heavy atom. The van der Waals surface area contributed by atoms with E-state index in [1.165, 1.54) is 32.7 Å². The number of hydrogen-bond donors (Lipinski definition) is 0. The number of benzene rings is 5. The fraction of sp³-hybridized carbons (Fsp3) is 0. The Bertz CT molecular complexity index is 1490. The first-order chi connectivity index (χ1) is 15.9. The number of hydrogen-bond acceptors (Lipinski definition) is 1. The summed E-state index contributed by atoms with van der Waals surface area (Å²) < 4.78 is 0. The Balaban J connectivity index is 1.67. The fourth-order valence-corrected chi connectivity index (χ4v) is 4.49. The monoisotopic (exact) mass is 407 g/mol. The molecule has 0 N–H and O–H groups in total. The van der Waals surface area contributed by atoms with Gasteiger partial charge in [-0.05, 0) is 50.9 Å². The van der Waals surface area contributed by atoms with Crippen LogP contribution in [0.1, 0.15) is 0 Å². The van der Waals surface area contributed by atoms with Crippen molar-refractivity contribution < 1.29 is 0 Å². The maximum absolute atomic E-state index is 5.16. The molecule has 1 aromatic heterocycles. The average molecular weight is 408 g/mol. The second-order valence-electron chi connectivity index (χ2n) is 8.05. The van der Waals surface area contributed by atoms with Crippen molar-refractivity contribution in [2.45, 2.75) is 0 Å². The molecule has 150 valence electrons. The van der Waals surface area contributed by atoms with Gasteiger partial charge in [0.2, 0.25) is 0 Å². The van der Waals surface area contributed by atoms with Crippen LogP contribution in [0.2, 0.25) is 0 Å². The summed E-state index contributed by atoms with van der Waals surface area (Å²) in [7, 11) is 0. The molecule has 0 fully saturated rings. The van der Waals surface area contributed by atoms with Crippen molar-refractivity contribution in [2.24, 2.45) is 0 Å². The molecule has 0 saturated heterocycles. The minimum Gasteiger partial charge on any atom is -0.248 e. The van der Waals surface area contributed by atoms with Crippen LogP contribution < -0.4 is 0 Å². The Morgan fingerprint density at radius 3 is 1.69 bits per heavy atom. The lowest BCUT2D eigenvalue weighted by Gasteiger charge is -2.14. The van der Waals surface area contributed by atoms with Crippen LogP contribution in [0.25, 0.3) is 55.2 Å². The van der Waals surface area contributed by atoms with Crippen LogP contribution in [0.3, 0.4) is 0 Å². The summed E-state index contributed by atoms with van der Waals surface area (Å²) in [4.78, 5) is 5.16. The van der Waals surface area contributed by atoms with Gasteiger partial charge in [0.05, 0.1) is 11.4 Å². The van der Waals surface area contributed by atoms with Gasteiger partial charge in [-0.3, -0.25) is 0 Å². The third-order valence-electron chi connectivity index (χ3n) is 6.05. The summed E-state index contributed by atoms with van der Waals surface area (Å²) in [5, 5.41) is 4.99. The molecule has 0 atom stereocenters. The van der Waals surface area contributed by atoms with E-state index >= 15 is 0 Å². The maximum Gasteiger partial charge on any atom is 0.0722 e. The van der Waals surface area contributed by atoms with Crippen LogP contribution in [0.4, 0.5) is 0 Å². The van der Waals surface area contributed by atoms with E-state index in [0.29, 0.717) is 0 Å². The molecule has 5 aromatic carbocycles. The molecule has 0 radical (unpaired) electrons. The van der Waals surface area contributed by atoms with E-state index < -0.39 is 0 Å². The van der Waals surface area contributed by atoms with Crippen molar-refractivity contribution in [2.75, 3.05) is 0 Å². The first kappa shape index (κ1) is 18.5. The van der Waals surface area contributed by atoms with E-state index in [9.17, 15) is 0 Å². The topological polar surface area (TPSA) is 12.9 Å². The zero-order valence-corrected chi connectivity index (χ0v) is 17.6. The van der Waals surface area contributed by atoms with Gasteiger partial charge in [0.1, 0.15) is 0 Å². The van der Waals surface area contributed by atoms with Gasteiger partial charge in [0.15, 0.2) is 0 Å². The van der Waals surface area contributed by atoms with Crippen LogP contribution in [0, 0.1) is 0 Å². The van der Waals surface area contributed by atoms with Crippen molar-refractivity contribution in [3.8, 4) is 33.6 Å². The third-order valence-corrected chi connectivity index (χ3v) is 6.05. The molecule has 1 nitrogen and oxygen atoms in total. The highest BCUT2D eigenvalue weighted by atomic mass is 14.7. The zero-order chi connectivity index (χ0) is 21.3. The SMILES string of the molecule is c1ccc(-c2cc(-c3ccccc3)nc(-c3cc4ccccc4c4ccccc34)c2)cc1. The van der Waals surface area contributed by atoms with Gasteiger partial charge >= 0.3 is 0 Å². The summed E-state index contributed by atoms with van der Waals surface area (Å²) in [6.45, 7) is 0. The largest absolute Gasteiger partial charge is 0.248 e. The van der Waals surface area contributed by atoms with Crippen LogP contribution in [-0.4, -0.2) is 4.98 Å². The van der Waals surface area contributed by atoms with Crippen LogP contribution >= 0.6 is 0 Å². The summed E-state index contributed by atoms with van der Waals surface area (Å²) >= 11 is 0. The minimum atomic E-state index is 0.985. The van der Waals surface area contributed by atoms with E-state index in [2.05, 4.69) is 121 Å². The van der Waals surface area contributed by atoms with Gasteiger partial charge in [0.25, 0.3) is 0 Å². The molecule has 0 spiro atoms. The predicted molar refractivity (Wildman–Crippen MR) is 136 cm³/mol. The number of pyridine rings is 1. The third kappa shape index (κ3) is 3.25. The molecule has 1 heteroatoms. The highest BCUT2D eigenvalue weighted by Gasteiger charge is 2.13. The maximum atomic E-state index is 5.16. The Kier molecular flexibility index (Phi) is 4.51. The molecule has 0 aliphatic carbocycles. The van der Waals surface area contributed by atoms with E-state index in [0.717, 1.165) is 22.5 Å². The fourth-order valence-electron chi connectivity index (χ4n) is 4.49. The number of rotatable bonds is 3. The lowest BCUT2D eigenvalue weighted by molar-refractivity contribution is 1.33. The number of aromatic nitrogens is 1.